The molecule has 13 rings (SSSR count). The van der Waals surface area contributed by atoms with E-state index >= 15 is 0 Å². The molecule has 0 amide bonds. The number of aromatic nitrogens is 4. The fourth-order valence-electron chi connectivity index (χ4n) is 10.7. The Hall–Kier alpha value is -10.0. The Morgan fingerprint density at radius 1 is 0.265 bits per heavy atom. The monoisotopic (exact) mass is 884 g/mol. The van der Waals surface area contributed by atoms with Crippen molar-refractivity contribution in [3.8, 4) is 69.4 Å². The summed E-state index contributed by atoms with van der Waals surface area (Å²) in [6.07, 6.45) is 0. The molecule has 0 aliphatic heterocycles. The summed E-state index contributed by atoms with van der Waals surface area (Å²) in [5.74, 6) is -0.124. The molecule has 12 heteroatoms. The molecule has 4 aromatic heterocycles. The van der Waals surface area contributed by atoms with Crippen molar-refractivity contribution in [3.63, 3.8) is 0 Å². The van der Waals surface area contributed by atoms with Crippen LogP contribution in [0.15, 0.2) is 158 Å². The van der Waals surface area contributed by atoms with Gasteiger partial charge in [0.05, 0.1) is 66.9 Å². The van der Waals surface area contributed by atoms with Crippen LogP contribution in [0.2, 0.25) is 0 Å². The highest BCUT2D eigenvalue weighted by atomic mass is 16.3. The standard InChI is InChI=1S/C56H32N6O6/c57-27-43-53(59-47-15-9-29(63)21-37(47)38-22-30(64)10-16-48(38)59)44(28-58)55(61-51-19-13-33(67)25-41(51)42-26-34(68)14-20-52(42)61)56(62-45-7-3-1-5-35(45)36-6-2-4-8-46(36)62)54(43)60-49-17-11-31(65)23-39(49)40-24-32(66)12-18-50(40)60/h1-26,63-68H. The maximum Gasteiger partial charge on any atom is 0.116 e. The van der Waals surface area contributed by atoms with E-state index in [1.165, 1.54) is 12.1 Å². The Morgan fingerprint density at radius 3 is 0.779 bits per heavy atom. The summed E-state index contributed by atoms with van der Waals surface area (Å²) < 4.78 is 7.76. The third-order valence-corrected chi connectivity index (χ3v) is 13.3. The lowest BCUT2D eigenvalue weighted by Crippen LogP contribution is -2.16. The zero-order chi connectivity index (χ0) is 46.3. The van der Waals surface area contributed by atoms with Crippen LogP contribution in [0.1, 0.15) is 11.1 Å². The molecule has 0 fully saturated rings. The molecule has 68 heavy (non-hydrogen) atoms. The second-order valence-corrected chi connectivity index (χ2v) is 17.0. The van der Waals surface area contributed by atoms with E-state index in [-0.39, 0.29) is 51.3 Å². The second-order valence-electron chi connectivity index (χ2n) is 17.0. The SMILES string of the molecule is N#Cc1c(-n2c3ccc(O)cc3c3cc(O)ccc32)c(C#N)c(-n2c3ccc(O)cc3c3cc(O)ccc32)c(-n2c3ccccc3c3ccccc32)c1-n1c2ccc(O)cc2c2cc(O)ccc21. The zero-order valence-corrected chi connectivity index (χ0v) is 35.4. The molecular weight excluding hydrogens is 853 g/mol. The van der Waals surface area contributed by atoms with Gasteiger partial charge in [-0.1, -0.05) is 36.4 Å². The number of nitrogens with zero attached hydrogens (tertiary/aromatic N) is 6. The van der Waals surface area contributed by atoms with Crippen LogP contribution in [-0.4, -0.2) is 48.9 Å². The number of phenolic OH excluding ortho intramolecular Hbond substituents is 6. The highest BCUT2D eigenvalue weighted by Crippen LogP contribution is 2.50. The number of fused-ring (bicyclic) bond motifs is 12. The molecule has 0 bridgehead atoms. The highest BCUT2D eigenvalue weighted by molar-refractivity contribution is 6.16. The Morgan fingerprint density at radius 2 is 0.500 bits per heavy atom. The number of benzene rings is 9. The summed E-state index contributed by atoms with van der Waals surface area (Å²) in [7, 11) is 0. The van der Waals surface area contributed by atoms with Crippen molar-refractivity contribution in [2.24, 2.45) is 0 Å². The van der Waals surface area contributed by atoms with E-state index in [1.807, 2.05) is 62.2 Å². The maximum absolute atomic E-state index is 12.1. The highest BCUT2D eigenvalue weighted by Gasteiger charge is 2.35. The van der Waals surface area contributed by atoms with Gasteiger partial charge in [0.15, 0.2) is 0 Å². The lowest BCUT2D eigenvalue weighted by atomic mass is 9.98. The van der Waals surface area contributed by atoms with E-state index in [1.54, 1.807) is 97.1 Å². The van der Waals surface area contributed by atoms with Gasteiger partial charge in [-0.3, -0.25) is 0 Å². The van der Waals surface area contributed by atoms with Crippen molar-refractivity contribution in [3.05, 3.63) is 169 Å². The van der Waals surface area contributed by atoms with Gasteiger partial charge in [-0.05, 0) is 121 Å². The number of rotatable bonds is 4. The molecule has 0 radical (unpaired) electrons. The van der Waals surface area contributed by atoms with Crippen molar-refractivity contribution >= 4 is 87.2 Å². The van der Waals surface area contributed by atoms with Gasteiger partial charge in [-0.25, -0.2) is 0 Å². The normalized spacial score (nSPS) is 11.9. The van der Waals surface area contributed by atoms with E-state index < -0.39 is 0 Å². The van der Waals surface area contributed by atoms with E-state index in [4.69, 9.17) is 0 Å². The molecule has 0 aliphatic rings. The van der Waals surface area contributed by atoms with Crippen molar-refractivity contribution in [1.82, 2.24) is 18.3 Å². The maximum atomic E-state index is 12.1. The quantitative estimate of drug-likeness (QED) is 0.101. The van der Waals surface area contributed by atoms with Crippen molar-refractivity contribution < 1.29 is 30.6 Å². The lowest BCUT2D eigenvalue weighted by Gasteiger charge is -2.27. The molecule has 6 N–H and O–H groups in total. The molecule has 12 nitrogen and oxygen atoms in total. The molecule has 4 heterocycles. The van der Waals surface area contributed by atoms with E-state index in [2.05, 4.69) is 16.7 Å². The average molecular weight is 885 g/mol. The average Bonchev–Trinajstić information content (AvgIpc) is 4.04. The van der Waals surface area contributed by atoms with E-state index in [0.717, 1.165) is 21.8 Å². The van der Waals surface area contributed by atoms with Gasteiger partial charge in [0.1, 0.15) is 57.8 Å². The Balaban J connectivity index is 1.40. The molecule has 0 aliphatic carbocycles. The molecule has 0 saturated carbocycles. The summed E-state index contributed by atoms with van der Waals surface area (Å²) in [5.41, 5.74) is 6.22. The Kier molecular flexibility index (Phi) is 7.76. The zero-order valence-electron chi connectivity index (χ0n) is 35.4. The first-order valence-corrected chi connectivity index (χ1v) is 21.6. The fourth-order valence-corrected chi connectivity index (χ4v) is 10.7. The molecule has 322 valence electrons. The number of nitriles is 2. The van der Waals surface area contributed by atoms with Gasteiger partial charge in [-0.2, -0.15) is 10.5 Å². The van der Waals surface area contributed by atoms with Gasteiger partial charge in [0.2, 0.25) is 0 Å². The van der Waals surface area contributed by atoms with Crippen LogP contribution in [0, 0.1) is 22.7 Å². The Labute approximate surface area is 383 Å². The third-order valence-electron chi connectivity index (χ3n) is 13.3. The van der Waals surface area contributed by atoms with Gasteiger partial charge >= 0.3 is 0 Å². The predicted octanol–water partition coefficient (Wildman–Crippen LogP) is 12.1. The van der Waals surface area contributed by atoms with Gasteiger partial charge in [0.25, 0.3) is 0 Å². The van der Waals surface area contributed by atoms with Gasteiger partial charge in [0, 0.05) is 43.1 Å². The smallest absolute Gasteiger partial charge is 0.116 e. The number of aromatic hydroxyl groups is 6. The first-order valence-electron chi connectivity index (χ1n) is 21.6. The van der Waals surface area contributed by atoms with Gasteiger partial charge in [-0.15, -0.1) is 0 Å². The number of para-hydroxylation sites is 2. The van der Waals surface area contributed by atoms with Crippen LogP contribution in [0.4, 0.5) is 0 Å². The van der Waals surface area contributed by atoms with Crippen molar-refractivity contribution in [1.29, 1.82) is 10.5 Å². The lowest BCUT2D eigenvalue weighted by molar-refractivity contribution is 0.475. The molecule has 0 atom stereocenters. The predicted molar refractivity (Wildman–Crippen MR) is 263 cm³/mol. The number of phenols is 6. The van der Waals surface area contributed by atoms with Crippen LogP contribution < -0.4 is 0 Å². The van der Waals surface area contributed by atoms with Crippen molar-refractivity contribution in [2.75, 3.05) is 0 Å². The van der Waals surface area contributed by atoms with Crippen LogP contribution in [0.25, 0.3) is 110 Å². The summed E-state index contributed by atoms with van der Waals surface area (Å²) in [5, 5.41) is 95.4. The van der Waals surface area contributed by atoms with E-state index in [9.17, 15) is 41.2 Å². The minimum absolute atomic E-state index is 0.0159. The summed E-state index contributed by atoms with van der Waals surface area (Å²) in [6.45, 7) is 0. The fraction of sp³-hybridized carbons (Fsp3) is 0. The second kappa shape index (κ2) is 13.7. The first kappa shape index (κ1) is 38.4. The molecule has 0 unspecified atom stereocenters. The molecule has 0 saturated heterocycles. The summed E-state index contributed by atoms with van der Waals surface area (Å²) in [6, 6.07) is 50.4. The molecule has 9 aromatic carbocycles. The first-order chi connectivity index (χ1) is 33.1. The third kappa shape index (κ3) is 5.11. The topological polar surface area (TPSA) is 189 Å². The molecule has 0 spiro atoms. The Bertz CT molecular complexity index is 4100. The van der Waals surface area contributed by atoms with Crippen molar-refractivity contribution in [2.45, 2.75) is 0 Å². The summed E-state index contributed by atoms with van der Waals surface area (Å²) in [4.78, 5) is 0. The number of hydrogen-bond donors (Lipinski definition) is 6. The van der Waals surface area contributed by atoms with Crippen LogP contribution in [0.3, 0.4) is 0 Å². The summed E-state index contributed by atoms with van der Waals surface area (Å²) >= 11 is 0. The van der Waals surface area contributed by atoms with Crippen LogP contribution in [-0.2, 0) is 0 Å². The van der Waals surface area contributed by atoms with Crippen LogP contribution in [0.5, 0.6) is 34.5 Å². The molecule has 13 aromatic rings. The minimum atomic E-state index is -0.0300. The van der Waals surface area contributed by atoms with Gasteiger partial charge < -0.3 is 48.9 Å². The largest absolute Gasteiger partial charge is 0.508 e. The van der Waals surface area contributed by atoms with E-state index in [0.29, 0.717) is 82.5 Å². The minimum Gasteiger partial charge on any atom is -0.508 e. The van der Waals surface area contributed by atoms with Crippen LogP contribution >= 0.6 is 0 Å². The number of hydrogen-bond acceptors (Lipinski definition) is 8. The molecular formula is C56H32N6O6.